The van der Waals surface area contributed by atoms with E-state index in [-0.39, 0.29) is 24.4 Å². The summed E-state index contributed by atoms with van der Waals surface area (Å²) in [5.41, 5.74) is -0.0549. The smallest absolute Gasteiger partial charge is 0.325 e. The van der Waals surface area contributed by atoms with Crippen molar-refractivity contribution < 1.29 is 14.1 Å². The molecule has 2 aromatic rings. The molecule has 1 aliphatic heterocycles. The zero-order chi connectivity index (χ0) is 18.3. The number of rotatable bonds is 3. The van der Waals surface area contributed by atoms with E-state index in [0.29, 0.717) is 23.2 Å². The predicted octanol–water partition coefficient (Wildman–Crippen LogP) is 3.39. The van der Waals surface area contributed by atoms with Crippen molar-refractivity contribution in [2.75, 3.05) is 0 Å². The van der Waals surface area contributed by atoms with Gasteiger partial charge < -0.3 is 9.84 Å². The number of imide groups is 1. The molecule has 1 saturated carbocycles. The van der Waals surface area contributed by atoms with Crippen LogP contribution in [0.15, 0.2) is 28.8 Å². The fourth-order valence-corrected chi connectivity index (χ4v) is 3.93. The third-order valence-electron chi connectivity index (χ3n) is 5.36. The van der Waals surface area contributed by atoms with Crippen molar-refractivity contribution in [2.24, 2.45) is 5.92 Å². The maximum atomic E-state index is 13.0. The van der Waals surface area contributed by atoms with E-state index in [1.54, 1.807) is 24.3 Å². The van der Waals surface area contributed by atoms with E-state index in [0.717, 1.165) is 24.8 Å². The van der Waals surface area contributed by atoms with Gasteiger partial charge in [-0.15, -0.1) is 0 Å². The van der Waals surface area contributed by atoms with Crippen molar-refractivity contribution in [1.29, 1.82) is 0 Å². The molecule has 1 aliphatic carbocycles. The second-order valence-electron chi connectivity index (χ2n) is 6.96. The molecule has 4 rings (SSSR count). The summed E-state index contributed by atoms with van der Waals surface area (Å²) in [4.78, 5) is 30.9. The SMILES string of the molecule is CC1CCCCC12NC(=O)N(Cc1noc(-c3ccc(Cl)cc3)n1)C2=O. The number of halogens is 1. The average molecular weight is 375 g/mol. The highest BCUT2D eigenvalue weighted by atomic mass is 35.5. The molecule has 1 N–H and O–H groups in total. The molecule has 2 unspecified atom stereocenters. The molecular weight excluding hydrogens is 356 g/mol. The molecule has 0 bridgehead atoms. The molecule has 2 heterocycles. The molecule has 136 valence electrons. The van der Waals surface area contributed by atoms with E-state index >= 15 is 0 Å². The normalized spacial score (nSPS) is 25.8. The molecule has 3 amide bonds. The summed E-state index contributed by atoms with van der Waals surface area (Å²) in [6.07, 6.45) is 3.63. The van der Waals surface area contributed by atoms with Gasteiger partial charge in [-0.3, -0.25) is 9.69 Å². The van der Waals surface area contributed by atoms with Crippen LogP contribution < -0.4 is 5.32 Å². The van der Waals surface area contributed by atoms with Gasteiger partial charge >= 0.3 is 6.03 Å². The molecule has 1 saturated heterocycles. The first-order valence-corrected chi connectivity index (χ1v) is 9.10. The van der Waals surface area contributed by atoms with Crippen molar-refractivity contribution in [3.8, 4) is 11.5 Å². The van der Waals surface area contributed by atoms with E-state index in [1.807, 2.05) is 6.92 Å². The molecule has 2 fully saturated rings. The monoisotopic (exact) mass is 374 g/mol. The third kappa shape index (κ3) is 2.76. The highest BCUT2D eigenvalue weighted by molar-refractivity contribution is 6.30. The number of nitrogens with one attached hydrogen (secondary N) is 1. The lowest BCUT2D eigenvalue weighted by atomic mass is 9.73. The molecular formula is C18H19ClN4O3. The largest absolute Gasteiger partial charge is 0.334 e. The van der Waals surface area contributed by atoms with Crippen LogP contribution in [0.1, 0.15) is 38.4 Å². The van der Waals surface area contributed by atoms with E-state index in [2.05, 4.69) is 15.5 Å². The zero-order valence-corrected chi connectivity index (χ0v) is 15.1. The van der Waals surface area contributed by atoms with Gasteiger partial charge in [-0.2, -0.15) is 4.98 Å². The number of amides is 3. The summed E-state index contributed by atoms with van der Waals surface area (Å²) in [7, 11) is 0. The molecule has 1 aromatic carbocycles. The number of benzene rings is 1. The molecule has 1 spiro atoms. The Bertz CT molecular complexity index is 850. The fourth-order valence-electron chi connectivity index (χ4n) is 3.81. The number of hydrogen-bond donors (Lipinski definition) is 1. The van der Waals surface area contributed by atoms with Crippen molar-refractivity contribution in [2.45, 2.75) is 44.7 Å². The first kappa shape index (κ1) is 17.0. The summed E-state index contributed by atoms with van der Waals surface area (Å²) in [6, 6.07) is 6.61. The number of hydrogen-bond acceptors (Lipinski definition) is 5. The summed E-state index contributed by atoms with van der Waals surface area (Å²) < 4.78 is 5.26. The Morgan fingerprint density at radius 2 is 2.08 bits per heavy atom. The lowest BCUT2D eigenvalue weighted by Gasteiger charge is -2.36. The van der Waals surface area contributed by atoms with Gasteiger partial charge in [0, 0.05) is 10.6 Å². The third-order valence-corrected chi connectivity index (χ3v) is 5.61. The molecule has 2 aliphatic rings. The molecule has 1 aromatic heterocycles. The van der Waals surface area contributed by atoms with Crippen LogP contribution in [0.4, 0.5) is 4.79 Å². The Balaban J connectivity index is 1.53. The van der Waals surface area contributed by atoms with Gasteiger partial charge in [0.25, 0.3) is 11.8 Å². The molecule has 26 heavy (non-hydrogen) atoms. The quantitative estimate of drug-likeness (QED) is 0.832. The maximum Gasteiger partial charge on any atom is 0.325 e. The second kappa shape index (κ2) is 6.39. The number of carbonyl (C=O) groups is 2. The lowest BCUT2D eigenvalue weighted by Crippen LogP contribution is -2.53. The van der Waals surface area contributed by atoms with Gasteiger partial charge in [0.1, 0.15) is 5.54 Å². The zero-order valence-electron chi connectivity index (χ0n) is 14.4. The van der Waals surface area contributed by atoms with Crippen LogP contribution in [-0.2, 0) is 11.3 Å². The van der Waals surface area contributed by atoms with Crippen molar-refractivity contribution >= 4 is 23.5 Å². The minimum atomic E-state index is -0.780. The molecule has 8 heteroatoms. The Morgan fingerprint density at radius 3 is 2.81 bits per heavy atom. The van der Waals surface area contributed by atoms with Crippen molar-refractivity contribution in [1.82, 2.24) is 20.4 Å². The first-order valence-electron chi connectivity index (χ1n) is 8.72. The first-order chi connectivity index (χ1) is 12.5. The van der Waals surface area contributed by atoms with Crippen molar-refractivity contribution in [3.63, 3.8) is 0 Å². The predicted molar refractivity (Wildman–Crippen MR) is 94.2 cm³/mol. The highest BCUT2D eigenvalue weighted by Gasteiger charge is 2.55. The van der Waals surface area contributed by atoms with E-state index in [4.69, 9.17) is 16.1 Å². The average Bonchev–Trinajstić information content (AvgIpc) is 3.18. The topological polar surface area (TPSA) is 88.3 Å². The number of aromatic nitrogens is 2. The van der Waals surface area contributed by atoms with E-state index in [9.17, 15) is 9.59 Å². The van der Waals surface area contributed by atoms with Crippen LogP contribution in [0.2, 0.25) is 5.02 Å². The summed E-state index contributed by atoms with van der Waals surface area (Å²) in [5, 5.41) is 7.44. The van der Waals surface area contributed by atoms with Crippen LogP contribution in [0.25, 0.3) is 11.5 Å². The Morgan fingerprint density at radius 1 is 1.31 bits per heavy atom. The number of urea groups is 1. The maximum absolute atomic E-state index is 13.0. The fraction of sp³-hybridized carbons (Fsp3) is 0.444. The Labute approximate surface area is 155 Å². The molecule has 0 radical (unpaired) electrons. The van der Waals surface area contributed by atoms with Crippen LogP contribution in [0.3, 0.4) is 0 Å². The minimum absolute atomic E-state index is 0.00374. The number of nitrogens with zero attached hydrogens (tertiary/aromatic N) is 3. The molecule has 7 nitrogen and oxygen atoms in total. The highest BCUT2D eigenvalue weighted by Crippen LogP contribution is 2.38. The minimum Gasteiger partial charge on any atom is -0.334 e. The van der Waals surface area contributed by atoms with Crippen LogP contribution in [0, 0.1) is 5.92 Å². The van der Waals surface area contributed by atoms with E-state index in [1.165, 1.54) is 4.90 Å². The summed E-state index contributed by atoms with van der Waals surface area (Å²) >= 11 is 5.88. The molecule has 2 atom stereocenters. The number of carbonyl (C=O) groups excluding carboxylic acids is 2. The van der Waals surface area contributed by atoms with Gasteiger partial charge in [-0.05, 0) is 43.0 Å². The lowest BCUT2D eigenvalue weighted by molar-refractivity contribution is -0.134. The van der Waals surface area contributed by atoms with Gasteiger partial charge in [0.15, 0.2) is 5.82 Å². The summed E-state index contributed by atoms with van der Waals surface area (Å²) in [6.45, 7) is 2.02. The van der Waals surface area contributed by atoms with E-state index < -0.39 is 5.54 Å². The van der Waals surface area contributed by atoms with Gasteiger partial charge in [-0.1, -0.05) is 36.5 Å². The standard InChI is InChI=1S/C18H19ClN4O3/c1-11-4-2-3-9-18(11)16(24)23(17(25)21-18)10-14-20-15(26-22-14)12-5-7-13(19)8-6-12/h5-8,11H,2-4,9-10H2,1H3,(H,21,25). The Kier molecular flexibility index (Phi) is 4.19. The van der Waals surface area contributed by atoms with Crippen LogP contribution in [-0.4, -0.2) is 32.5 Å². The van der Waals surface area contributed by atoms with Crippen LogP contribution in [0.5, 0.6) is 0 Å². The Hall–Kier alpha value is -2.41. The van der Waals surface area contributed by atoms with Crippen molar-refractivity contribution in [3.05, 3.63) is 35.1 Å². The second-order valence-corrected chi connectivity index (χ2v) is 7.40. The van der Waals surface area contributed by atoms with Crippen LogP contribution >= 0.6 is 11.6 Å². The van der Waals surface area contributed by atoms with Gasteiger partial charge in [-0.25, -0.2) is 4.79 Å². The van der Waals surface area contributed by atoms with Gasteiger partial charge in [0.2, 0.25) is 0 Å². The van der Waals surface area contributed by atoms with Gasteiger partial charge in [0.05, 0.1) is 6.54 Å². The summed E-state index contributed by atoms with van der Waals surface area (Å²) in [5.74, 6) is 0.545.